The highest BCUT2D eigenvalue weighted by Gasteiger charge is 2.15. The lowest BCUT2D eigenvalue weighted by Crippen LogP contribution is -2.36. The molecule has 3 heterocycles. The van der Waals surface area contributed by atoms with Crippen molar-refractivity contribution in [3.8, 4) is 0 Å². The number of aryl methyl sites for hydroxylation is 2. The van der Waals surface area contributed by atoms with E-state index in [0.29, 0.717) is 36.1 Å². The molecule has 0 fully saturated rings. The number of carbonyl (C=O) groups excluding carboxylic acids is 1. The molecule has 152 valence electrons. The number of aromatic nitrogens is 5. The van der Waals surface area contributed by atoms with Gasteiger partial charge in [0.2, 0.25) is 0 Å². The van der Waals surface area contributed by atoms with Crippen molar-refractivity contribution in [1.82, 2.24) is 29.6 Å². The van der Waals surface area contributed by atoms with Crippen LogP contribution in [0.25, 0.3) is 11.0 Å². The van der Waals surface area contributed by atoms with Crippen molar-refractivity contribution in [3.63, 3.8) is 0 Å². The highest BCUT2D eigenvalue weighted by molar-refractivity contribution is 5.97. The van der Waals surface area contributed by atoms with Crippen LogP contribution in [0.1, 0.15) is 48.2 Å². The van der Waals surface area contributed by atoms with Gasteiger partial charge in [-0.25, -0.2) is 0 Å². The number of hydrogen-bond acceptors (Lipinski definition) is 5. The van der Waals surface area contributed by atoms with Gasteiger partial charge >= 0.3 is 11.1 Å². The molecule has 0 bridgehead atoms. The predicted octanol–water partition coefficient (Wildman–Crippen LogP) is 1.00. The number of benzene rings is 1. The van der Waals surface area contributed by atoms with Crippen molar-refractivity contribution in [1.29, 1.82) is 0 Å². The monoisotopic (exact) mass is 396 g/mol. The topological polar surface area (TPSA) is 115 Å². The molecule has 0 saturated carbocycles. The Kier molecular flexibility index (Phi) is 5.28. The molecule has 1 aromatic carbocycles. The normalized spacial score (nSPS) is 13.8. The molecule has 0 unspecified atom stereocenters. The number of amides is 1. The summed E-state index contributed by atoms with van der Waals surface area (Å²) in [5, 5.41) is 11.5. The average Bonchev–Trinajstić information content (AvgIpc) is 2.94. The second kappa shape index (κ2) is 8.02. The fraction of sp³-hybridized carbons (Fsp3) is 0.450. The minimum absolute atomic E-state index is 0.238. The number of hydrogen-bond donors (Lipinski definition) is 2. The third-order valence-electron chi connectivity index (χ3n) is 5.37. The highest BCUT2D eigenvalue weighted by Crippen LogP contribution is 2.15. The van der Waals surface area contributed by atoms with Gasteiger partial charge in [0.25, 0.3) is 5.91 Å². The molecule has 0 aliphatic carbocycles. The van der Waals surface area contributed by atoms with Crippen molar-refractivity contribution in [2.45, 2.75) is 52.1 Å². The molecule has 4 rings (SSSR count). The van der Waals surface area contributed by atoms with E-state index >= 15 is 0 Å². The highest BCUT2D eigenvalue weighted by atomic mass is 16.2. The quantitative estimate of drug-likeness (QED) is 0.625. The molecule has 1 aliphatic rings. The van der Waals surface area contributed by atoms with Crippen LogP contribution in [-0.2, 0) is 25.9 Å². The summed E-state index contributed by atoms with van der Waals surface area (Å²) in [6.45, 7) is 3.56. The molecule has 1 amide bonds. The first kappa shape index (κ1) is 19.1. The first-order valence-electron chi connectivity index (χ1n) is 10.0. The van der Waals surface area contributed by atoms with E-state index < -0.39 is 11.1 Å². The molecular weight excluding hydrogens is 372 g/mol. The fourth-order valence-electron chi connectivity index (χ4n) is 3.85. The molecule has 29 heavy (non-hydrogen) atoms. The largest absolute Gasteiger partial charge is 0.352 e. The van der Waals surface area contributed by atoms with Crippen molar-refractivity contribution in [2.24, 2.45) is 0 Å². The summed E-state index contributed by atoms with van der Waals surface area (Å²) in [6, 6.07) is 4.94. The third kappa shape index (κ3) is 3.72. The number of rotatable bonds is 5. The second-order valence-corrected chi connectivity index (χ2v) is 7.24. The number of carbonyl (C=O) groups is 1. The Labute approximate surface area is 166 Å². The predicted molar refractivity (Wildman–Crippen MR) is 108 cm³/mol. The SMILES string of the molecule is CCn1c(=O)c(=O)[nH]c2cc(C(=O)NCCc3nnc4n3CCCCC4)ccc21. The Morgan fingerprint density at radius 2 is 2.07 bits per heavy atom. The first-order chi connectivity index (χ1) is 14.1. The molecule has 1 aliphatic heterocycles. The molecule has 0 saturated heterocycles. The maximum atomic E-state index is 12.6. The number of aromatic amines is 1. The van der Waals surface area contributed by atoms with Gasteiger partial charge in [0.05, 0.1) is 11.0 Å². The van der Waals surface area contributed by atoms with Crippen LogP contribution >= 0.6 is 0 Å². The van der Waals surface area contributed by atoms with E-state index in [2.05, 4.69) is 25.1 Å². The van der Waals surface area contributed by atoms with Crippen molar-refractivity contribution >= 4 is 16.9 Å². The van der Waals surface area contributed by atoms with Gasteiger partial charge in [0, 0.05) is 38.0 Å². The van der Waals surface area contributed by atoms with Gasteiger partial charge in [-0.2, -0.15) is 0 Å². The summed E-state index contributed by atoms with van der Waals surface area (Å²) in [7, 11) is 0. The van der Waals surface area contributed by atoms with E-state index in [9.17, 15) is 14.4 Å². The minimum atomic E-state index is -0.690. The lowest BCUT2D eigenvalue weighted by molar-refractivity contribution is 0.0954. The number of nitrogens with zero attached hydrogens (tertiary/aromatic N) is 4. The first-order valence-corrected chi connectivity index (χ1v) is 10.0. The smallest absolute Gasteiger partial charge is 0.316 e. The van der Waals surface area contributed by atoms with Crippen LogP contribution in [0.5, 0.6) is 0 Å². The summed E-state index contributed by atoms with van der Waals surface area (Å²) < 4.78 is 3.57. The van der Waals surface area contributed by atoms with E-state index in [1.54, 1.807) is 25.1 Å². The van der Waals surface area contributed by atoms with Crippen LogP contribution < -0.4 is 16.4 Å². The number of nitrogens with one attached hydrogen (secondary N) is 2. The maximum Gasteiger partial charge on any atom is 0.316 e. The fourth-order valence-corrected chi connectivity index (χ4v) is 3.85. The zero-order chi connectivity index (χ0) is 20.4. The van der Waals surface area contributed by atoms with Crippen LogP contribution in [0.15, 0.2) is 27.8 Å². The van der Waals surface area contributed by atoms with Crippen LogP contribution in [0, 0.1) is 0 Å². The molecular formula is C20H24N6O3. The Balaban J connectivity index is 1.47. The van der Waals surface area contributed by atoms with Crippen LogP contribution in [-0.4, -0.2) is 36.8 Å². The zero-order valence-electron chi connectivity index (χ0n) is 16.4. The Morgan fingerprint density at radius 3 is 2.90 bits per heavy atom. The molecule has 0 spiro atoms. The molecule has 0 radical (unpaired) electrons. The summed E-state index contributed by atoms with van der Waals surface area (Å²) in [5.41, 5.74) is 0.204. The van der Waals surface area contributed by atoms with Crippen molar-refractivity contribution in [2.75, 3.05) is 6.54 Å². The third-order valence-corrected chi connectivity index (χ3v) is 5.37. The molecule has 3 aromatic rings. The van der Waals surface area contributed by atoms with E-state index in [1.807, 2.05) is 0 Å². The average molecular weight is 396 g/mol. The second-order valence-electron chi connectivity index (χ2n) is 7.24. The summed E-state index contributed by atoms with van der Waals surface area (Å²) in [4.78, 5) is 38.9. The summed E-state index contributed by atoms with van der Waals surface area (Å²) in [5.74, 6) is 1.69. The number of fused-ring (bicyclic) bond motifs is 2. The van der Waals surface area contributed by atoms with Crippen LogP contribution in [0.2, 0.25) is 0 Å². The molecule has 2 N–H and O–H groups in total. The van der Waals surface area contributed by atoms with E-state index in [1.165, 1.54) is 11.0 Å². The van der Waals surface area contributed by atoms with Gasteiger partial charge in [-0.15, -0.1) is 10.2 Å². The van der Waals surface area contributed by atoms with E-state index in [0.717, 1.165) is 37.5 Å². The lowest BCUT2D eigenvalue weighted by atomic mass is 10.1. The Morgan fingerprint density at radius 1 is 1.21 bits per heavy atom. The maximum absolute atomic E-state index is 12.6. The molecule has 9 heteroatoms. The van der Waals surface area contributed by atoms with Crippen LogP contribution in [0.4, 0.5) is 0 Å². The Hall–Kier alpha value is -3.23. The van der Waals surface area contributed by atoms with Gasteiger partial charge in [-0.1, -0.05) is 6.42 Å². The summed E-state index contributed by atoms with van der Waals surface area (Å²) in [6.07, 6.45) is 5.04. The van der Waals surface area contributed by atoms with E-state index in [4.69, 9.17) is 0 Å². The minimum Gasteiger partial charge on any atom is -0.352 e. The van der Waals surface area contributed by atoms with Gasteiger partial charge in [-0.3, -0.25) is 14.4 Å². The van der Waals surface area contributed by atoms with Gasteiger partial charge in [0.15, 0.2) is 0 Å². The molecule has 9 nitrogen and oxygen atoms in total. The number of H-pyrrole nitrogens is 1. The summed E-state index contributed by atoms with van der Waals surface area (Å²) >= 11 is 0. The molecule has 0 atom stereocenters. The lowest BCUT2D eigenvalue weighted by Gasteiger charge is -2.10. The van der Waals surface area contributed by atoms with Gasteiger partial charge in [0.1, 0.15) is 11.6 Å². The van der Waals surface area contributed by atoms with E-state index in [-0.39, 0.29) is 5.91 Å². The van der Waals surface area contributed by atoms with Gasteiger partial charge < -0.3 is 19.4 Å². The van der Waals surface area contributed by atoms with Crippen molar-refractivity contribution < 1.29 is 4.79 Å². The zero-order valence-corrected chi connectivity index (χ0v) is 16.4. The standard InChI is InChI=1S/C20H24N6O3/c1-2-25-15-8-7-13(12-14(15)22-19(28)20(25)29)18(27)21-10-9-17-24-23-16-6-4-3-5-11-26(16)17/h7-8,12H,2-6,9-11H2,1H3,(H,21,27)(H,22,28). The van der Waals surface area contributed by atoms with Crippen LogP contribution in [0.3, 0.4) is 0 Å². The Bertz CT molecular complexity index is 1170. The van der Waals surface area contributed by atoms with Crippen molar-refractivity contribution in [3.05, 3.63) is 56.1 Å². The van der Waals surface area contributed by atoms with Gasteiger partial charge in [-0.05, 0) is 38.0 Å². The molecule has 2 aromatic heterocycles.